The van der Waals surface area contributed by atoms with Crippen LogP contribution in [0.5, 0.6) is 0 Å². The molecule has 0 aliphatic rings. The third kappa shape index (κ3) is 3.77. The van der Waals surface area contributed by atoms with Crippen molar-refractivity contribution in [3.8, 4) is 0 Å². The topological polar surface area (TPSA) is 88.5 Å². The quantitative estimate of drug-likeness (QED) is 0.863. The van der Waals surface area contributed by atoms with Gasteiger partial charge in [-0.25, -0.2) is 8.42 Å². The van der Waals surface area contributed by atoms with E-state index in [-0.39, 0.29) is 10.6 Å². The van der Waals surface area contributed by atoms with E-state index in [1.54, 1.807) is 0 Å². The molecule has 0 aliphatic carbocycles. The molecule has 0 fully saturated rings. The number of hydrogen-bond donors (Lipinski definition) is 1. The molecule has 0 aromatic heterocycles. The zero-order valence-electron chi connectivity index (χ0n) is 11.3. The predicted octanol–water partition coefficient (Wildman–Crippen LogP) is 2.02. The van der Waals surface area contributed by atoms with Crippen LogP contribution in [0.4, 0.5) is 0 Å². The lowest BCUT2D eigenvalue weighted by Crippen LogP contribution is -2.15. The zero-order valence-corrected chi connectivity index (χ0v) is 13.0. The SMILES string of the molecule is CCS(=O)(=O)c1cc(C(C)(C)C)cc(S(=O)(=O)O)c1. The molecule has 5 nitrogen and oxygen atoms in total. The molecule has 0 saturated heterocycles. The summed E-state index contributed by atoms with van der Waals surface area (Å²) in [5, 5.41) is 0. The standard InChI is InChI=1S/C12H18O5S2/c1-5-18(13,14)10-6-9(12(2,3)4)7-11(8-10)19(15,16)17/h6-8H,5H2,1-4H3,(H,15,16,17). The second kappa shape index (κ2) is 4.88. The molecule has 108 valence electrons. The minimum Gasteiger partial charge on any atom is -0.282 e. The van der Waals surface area contributed by atoms with Crippen molar-refractivity contribution < 1.29 is 21.4 Å². The van der Waals surface area contributed by atoms with Crippen LogP contribution in [-0.4, -0.2) is 27.1 Å². The first-order valence-corrected chi connectivity index (χ1v) is 8.83. The Kier molecular flexibility index (Phi) is 4.15. The van der Waals surface area contributed by atoms with E-state index in [1.165, 1.54) is 19.1 Å². The van der Waals surface area contributed by atoms with Gasteiger partial charge in [0.05, 0.1) is 15.5 Å². The van der Waals surface area contributed by atoms with Crippen molar-refractivity contribution in [2.24, 2.45) is 0 Å². The van der Waals surface area contributed by atoms with Gasteiger partial charge in [-0.15, -0.1) is 0 Å². The molecule has 0 heterocycles. The molecule has 7 heteroatoms. The van der Waals surface area contributed by atoms with Crippen LogP contribution < -0.4 is 0 Å². The predicted molar refractivity (Wildman–Crippen MR) is 72.7 cm³/mol. The lowest BCUT2D eigenvalue weighted by Gasteiger charge is -2.20. The highest BCUT2D eigenvalue weighted by Crippen LogP contribution is 2.28. The molecular formula is C12H18O5S2. The molecule has 1 N–H and O–H groups in total. The van der Waals surface area contributed by atoms with E-state index in [4.69, 9.17) is 4.55 Å². The Hall–Kier alpha value is -0.920. The van der Waals surface area contributed by atoms with E-state index in [0.717, 1.165) is 6.07 Å². The van der Waals surface area contributed by atoms with Gasteiger partial charge in [0.15, 0.2) is 9.84 Å². The third-order valence-electron chi connectivity index (χ3n) is 2.78. The van der Waals surface area contributed by atoms with Gasteiger partial charge in [-0.05, 0) is 29.2 Å². The van der Waals surface area contributed by atoms with Gasteiger partial charge >= 0.3 is 0 Å². The fraction of sp³-hybridized carbons (Fsp3) is 0.500. The Morgan fingerprint density at radius 2 is 1.47 bits per heavy atom. The molecule has 0 bridgehead atoms. The van der Waals surface area contributed by atoms with Crippen molar-refractivity contribution in [3.63, 3.8) is 0 Å². The van der Waals surface area contributed by atoms with Gasteiger partial charge in [-0.2, -0.15) is 8.42 Å². The normalized spacial score (nSPS) is 13.5. The highest BCUT2D eigenvalue weighted by Gasteiger charge is 2.23. The Bertz CT molecular complexity index is 679. The Morgan fingerprint density at radius 1 is 1.00 bits per heavy atom. The number of hydrogen-bond acceptors (Lipinski definition) is 4. The second-order valence-corrected chi connectivity index (χ2v) is 9.02. The average Bonchev–Trinajstić information content (AvgIpc) is 2.26. The van der Waals surface area contributed by atoms with Crippen LogP contribution in [0.3, 0.4) is 0 Å². The van der Waals surface area contributed by atoms with Crippen LogP contribution in [0.1, 0.15) is 33.3 Å². The van der Waals surface area contributed by atoms with Gasteiger partial charge in [0, 0.05) is 0 Å². The van der Waals surface area contributed by atoms with Gasteiger partial charge in [-0.3, -0.25) is 4.55 Å². The van der Waals surface area contributed by atoms with E-state index in [9.17, 15) is 16.8 Å². The number of rotatable bonds is 3. The molecule has 0 spiro atoms. The van der Waals surface area contributed by atoms with Crippen molar-refractivity contribution in [1.82, 2.24) is 0 Å². The molecule has 1 aromatic rings. The summed E-state index contributed by atoms with van der Waals surface area (Å²) in [6.45, 7) is 6.97. The van der Waals surface area contributed by atoms with Gasteiger partial charge in [0.2, 0.25) is 0 Å². The number of sulfone groups is 1. The Labute approximate surface area is 114 Å². The lowest BCUT2D eigenvalue weighted by atomic mass is 9.87. The van der Waals surface area contributed by atoms with Crippen molar-refractivity contribution in [2.45, 2.75) is 42.9 Å². The van der Waals surface area contributed by atoms with E-state index < -0.39 is 30.3 Å². The maximum atomic E-state index is 11.9. The van der Waals surface area contributed by atoms with Gasteiger partial charge in [0.1, 0.15) is 0 Å². The van der Waals surface area contributed by atoms with Crippen molar-refractivity contribution in [2.75, 3.05) is 5.75 Å². The number of benzene rings is 1. The molecule has 0 amide bonds. The molecular weight excluding hydrogens is 288 g/mol. The monoisotopic (exact) mass is 306 g/mol. The van der Waals surface area contributed by atoms with Crippen molar-refractivity contribution in [3.05, 3.63) is 23.8 Å². The van der Waals surface area contributed by atoms with Crippen LogP contribution in [-0.2, 0) is 25.4 Å². The first-order valence-electron chi connectivity index (χ1n) is 5.74. The second-order valence-electron chi connectivity index (χ2n) is 5.32. The first-order chi connectivity index (χ1) is 8.38. The summed E-state index contributed by atoms with van der Waals surface area (Å²) in [5.41, 5.74) is 0.105. The minimum atomic E-state index is -4.44. The van der Waals surface area contributed by atoms with Gasteiger partial charge < -0.3 is 0 Å². The Morgan fingerprint density at radius 3 is 1.84 bits per heavy atom. The first kappa shape index (κ1) is 16.1. The third-order valence-corrected chi connectivity index (χ3v) is 5.33. The molecule has 19 heavy (non-hydrogen) atoms. The van der Waals surface area contributed by atoms with Crippen LogP contribution >= 0.6 is 0 Å². The summed E-state index contributed by atoms with van der Waals surface area (Å²) in [7, 11) is -7.98. The maximum Gasteiger partial charge on any atom is 0.294 e. The molecule has 1 aromatic carbocycles. The van der Waals surface area contributed by atoms with Crippen LogP contribution in [0, 0.1) is 0 Å². The summed E-state index contributed by atoms with van der Waals surface area (Å²) in [5.74, 6) is -0.133. The van der Waals surface area contributed by atoms with E-state index >= 15 is 0 Å². The molecule has 0 saturated carbocycles. The maximum absolute atomic E-state index is 11.9. The van der Waals surface area contributed by atoms with Crippen LogP contribution in [0.2, 0.25) is 0 Å². The van der Waals surface area contributed by atoms with E-state index in [1.807, 2.05) is 20.8 Å². The smallest absolute Gasteiger partial charge is 0.282 e. The molecule has 0 aliphatic heterocycles. The summed E-state index contributed by atoms with van der Waals surface area (Å²) >= 11 is 0. The average molecular weight is 306 g/mol. The molecule has 0 radical (unpaired) electrons. The van der Waals surface area contributed by atoms with Crippen LogP contribution in [0.15, 0.2) is 28.0 Å². The Balaban J connectivity index is 3.70. The molecule has 1 rings (SSSR count). The van der Waals surface area contributed by atoms with E-state index in [2.05, 4.69) is 0 Å². The van der Waals surface area contributed by atoms with E-state index in [0.29, 0.717) is 5.56 Å². The molecule has 0 unspecified atom stereocenters. The summed E-state index contributed by atoms with van der Waals surface area (Å²) in [6.07, 6.45) is 0. The fourth-order valence-corrected chi connectivity index (χ4v) is 3.07. The van der Waals surface area contributed by atoms with Gasteiger partial charge in [0.25, 0.3) is 10.1 Å². The largest absolute Gasteiger partial charge is 0.294 e. The zero-order chi connectivity index (χ0) is 15.1. The van der Waals surface area contributed by atoms with Crippen molar-refractivity contribution >= 4 is 20.0 Å². The highest BCUT2D eigenvalue weighted by atomic mass is 32.2. The minimum absolute atomic E-state index is 0.0879. The molecule has 0 atom stereocenters. The fourth-order valence-electron chi connectivity index (χ4n) is 1.50. The summed E-state index contributed by atoms with van der Waals surface area (Å²) < 4.78 is 55.4. The van der Waals surface area contributed by atoms with Crippen LogP contribution in [0.25, 0.3) is 0 Å². The summed E-state index contributed by atoms with van der Waals surface area (Å²) in [6, 6.07) is 3.74. The van der Waals surface area contributed by atoms with Crippen molar-refractivity contribution in [1.29, 1.82) is 0 Å². The summed E-state index contributed by atoms with van der Waals surface area (Å²) in [4.78, 5) is -0.484. The van der Waals surface area contributed by atoms with Gasteiger partial charge in [-0.1, -0.05) is 27.7 Å². The highest BCUT2D eigenvalue weighted by molar-refractivity contribution is 7.91. The lowest BCUT2D eigenvalue weighted by molar-refractivity contribution is 0.482.